The number of likely N-dealkylation sites (tertiary alicyclic amines) is 1. The lowest BCUT2D eigenvalue weighted by Crippen LogP contribution is -2.43. The zero-order valence-electron chi connectivity index (χ0n) is 14.0. The van der Waals surface area contributed by atoms with Gasteiger partial charge in [0.15, 0.2) is 0 Å². The maximum Gasteiger partial charge on any atom is 0.128 e. The fourth-order valence-corrected chi connectivity index (χ4v) is 3.24. The third-order valence-electron chi connectivity index (χ3n) is 4.66. The van der Waals surface area contributed by atoms with Gasteiger partial charge in [-0.15, -0.1) is 0 Å². The molecule has 1 aromatic carbocycles. The Kier molecular flexibility index (Phi) is 5.13. The van der Waals surface area contributed by atoms with Crippen molar-refractivity contribution in [1.29, 1.82) is 0 Å². The molecular weight excluding hydrogens is 286 g/mol. The Hall–Kier alpha value is -2.07. The van der Waals surface area contributed by atoms with Crippen LogP contribution in [0.1, 0.15) is 18.4 Å². The maximum atomic E-state index is 5.31. The van der Waals surface area contributed by atoms with Gasteiger partial charge in [-0.1, -0.05) is 18.2 Å². The van der Waals surface area contributed by atoms with Crippen LogP contribution in [0.2, 0.25) is 0 Å². The summed E-state index contributed by atoms with van der Waals surface area (Å²) in [6.45, 7) is 3.25. The summed E-state index contributed by atoms with van der Waals surface area (Å²) in [6, 6.07) is 15.0. The Morgan fingerprint density at radius 1 is 1.17 bits per heavy atom. The molecule has 1 aromatic heterocycles. The summed E-state index contributed by atoms with van der Waals surface area (Å²) in [7, 11) is 3.88. The number of hydrogen-bond donors (Lipinski definition) is 0. The summed E-state index contributed by atoms with van der Waals surface area (Å²) in [5.41, 5.74) is 1.32. The van der Waals surface area contributed by atoms with Crippen LogP contribution in [-0.2, 0) is 6.54 Å². The van der Waals surface area contributed by atoms with Gasteiger partial charge in [-0.05, 0) is 42.7 Å². The Morgan fingerprint density at radius 2 is 2.00 bits per heavy atom. The van der Waals surface area contributed by atoms with Crippen LogP contribution in [0.3, 0.4) is 0 Å². The number of benzene rings is 1. The van der Waals surface area contributed by atoms with Gasteiger partial charge >= 0.3 is 0 Å². The molecule has 122 valence electrons. The fourth-order valence-electron chi connectivity index (χ4n) is 3.24. The van der Waals surface area contributed by atoms with E-state index in [4.69, 9.17) is 4.74 Å². The predicted molar refractivity (Wildman–Crippen MR) is 93.9 cm³/mol. The Bertz CT molecular complexity index is 609. The Labute approximate surface area is 138 Å². The second-order valence-electron chi connectivity index (χ2n) is 6.16. The number of hydrogen-bond acceptors (Lipinski definition) is 4. The molecule has 1 saturated heterocycles. The zero-order chi connectivity index (χ0) is 16.1. The number of aromatic nitrogens is 1. The Morgan fingerprint density at radius 3 is 2.70 bits per heavy atom. The largest absolute Gasteiger partial charge is 0.497 e. The van der Waals surface area contributed by atoms with Crippen molar-refractivity contribution in [2.24, 2.45) is 0 Å². The van der Waals surface area contributed by atoms with Crippen molar-refractivity contribution in [2.45, 2.75) is 25.4 Å². The van der Waals surface area contributed by atoms with E-state index in [0.29, 0.717) is 6.04 Å². The molecule has 0 saturated carbocycles. The minimum absolute atomic E-state index is 0.575. The first-order valence-electron chi connectivity index (χ1n) is 8.25. The monoisotopic (exact) mass is 311 g/mol. The van der Waals surface area contributed by atoms with Gasteiger partial charge in [-0.2, -0.15) is 0 Å². The zero-order valence-corrected chi connectivity index (χ0v) is 14.0. The lowest BCUT2D eigenvalue weighted by Gasteiger charge is -2.37. The van der Waals surface area contributed by atoms with E-state index in [1.54, 1.807) is 7.11 Å². The van der Waals surface area contributed by atoms with Crippen molar-refractivity contribution in [3.63, 3.8) is 0 Å². The smallest absolute Gasteiger partial charge is 0.128 e. The number of pyridine rings is 1. The molecule has 4 heteroatoms. The van der Waals surface area contributed by atoms with Crippen LogP contribution in [0, 0.1) is 0 Å². The van der Waals surface area contributed by atoms with E-state index in [0.717, 1.165) is 31.2 Å². The molecule has 2 aromatic rings. The number of methoxy groups -OCH3 is 1. The maximum absolute atomic E-state index is 5.31. The van der Waals surface area contributed by atoms with Gasteiger partial charge < -0.3 is 9.64 Å². The molecule has 23 heavy (non-hydrogen) atoms. The van der Waals surface area contributed by atoms with Gasteiger partial charge in [-0.3, -0.25) is 4.90 Å². The third-order valence-corrected chi connectivity index (χ3v) is 4.66. The quantitative estimate of drug-likeness (QED) is 0.848. The highest BCUT2D eigenvalue weighted by Gasteiger charge is 2.23. The number of ether oxygens (including phenoxy) is 1. The molecule has 1 aliphatic rings. The molecule has 4 nitrogen and oxygen atoms in total. The number of piperidine rings is 1. The molecule has 0 bridgehead atoms. The molecule has 0 unspecified atom stereocenters. The van der Waals surface area contributed by atoms with Crippen molar-refractivity contribution < 1.29 is 4.74 Å². The van der Waals surface area contributed by atoms with Crippen molar-refractivity contribution in [3.05, 3.63) is 54.2 Å². The van der Waals surface area contributed by atoms with Crippen molar-refractivity contribution in [3.8, 4) is 5.75 Å². The van der Waals surface area contributed by atoms with Crippen molar-refractivity contribution in [2.75, 3.05) is 32.1 Å². The summed E-state index contributed by atoms with van der Waals surface area (Å²) < 4.78 is 5.31. The molecule has 1 aliphatic heterocycles. The van der Waals surface area contributed by atoms with Crippen molar-refractivity contribution >= 4 is 5.82 Å². The molecule has 0 aliphatic carbocycles. The van der Waals surface area contributed by atoms with Gasteiger partial charge in [0.2, 0.25) is 0 Å². The van der Waals surface area contributed by atoms with Crippen molar-refractivity contribution in [1.82, 2.24) is 9.88 Å². The van der Waals surface area contributed by atoms with Crippen LogP contribution in [-0.4, -0.2) is 43.2 Å². The van der Waals surface area contributed by atoms with E-state index < -0.39 is 0 Å². The molecule has 3 rings (SSSR count). The normalized spacial score (nSPS) is 16.3. The highest BCUT2D eigenvalue weighted by atomic mass is 16.5. The molecule has 0 radical (unpaired) electrons. The van der Waals surface area contributed by atoms with Crippen LogP contribution in [0.15, 0.2) is 48.7 Å². The van der Waals surface area contributed by atoms with Gasteiger partial charge in [0.25, 0.3) is 0 Å². The van der Waals surface area contributed by atoms with E-state index in [-0.39, 0.29) is 0 Å². The van der Waals surface area contributed by atoms with Crippen LogP contribution in [0.4, 0.5) is 5.82 Å². The highest BCUT2D eigenvalue weighted by molar-refractivity contribution is 5.38. The van der Waals surface area contributed by atoms with E-state index in [2.05, 4.69) is 52.2 Å². The topological polar surface area (TPSA) is 28.6 Å². The number of nitrogens with zero attached hydrogens (tertiary/aromatic N) is 3. The molecule has 0 atom stereocenters. The average Bonchev–Trinajstić information content (AvgIpc) is 2.63. The first-order valence-corrected chi connectivity index (χ1v) is 8.25. The summed E-state index contributed by atoms with van der Waals surface area (Å²) >= 11 is 0. The molecule has 0 spiro atoms. The second kappa shape index (κ2) is 7.47. The standard InChI is InChI=1S/C19H25N3O/c1-21(19-8-3-4-11-20-19)17-9-12-22(13-10-17)15-16-6-5-7-18(14-16)23-2/h3-8,11,14,17H,9-10,12-13,15H2,1-2H3. The van der Waals surface area contributed by atoms with Crippen LogP contribution < -0.4 is 9.64 Å². The minimum Gasteiger partial charge on any atom is -0.497 e. The van der Waals surface area contributed by atoms with E-state index in [1.807, 2.05) is 18.3 Å². The van der Waals surface area contributed by atoms with E-state index in [9.17, 15) is 0 Å². The lowest BCUT2D eigenvalue weighted by atomic mass is 10.0. The summed E-state index contributed by atoms with van der Waals surface area (Å²) in [5, 5.41) is 0. The number of rotatable bonds is 5. The predicted octanol–water partition coefficient (Wildman–Crippen LogP) is 3.19. The molecule has 0 N–H and O–H groups in total. The molecule has 1 fully saturated rings. The van der Waals surface area contributed by atoms with Gasteiger partial charge in [0.1, 0.15) is 11.6 Å². The third kappa shape index (κ3) is 4.02. The van der Waals surface area contributed by atoms with Gasteiger partial charge in [0.05, 0.1) is 7.11 Å². The fraction of sp³-hybridized carbons (Fsp3) is 0.421. The molecule has 0 amide bonds. The summed E-state index contributed by atoms with van der Waals surface area (Å²) in [5.74, 6) is 2.01. The Balaban J connectivity index is 1.54. The molecule has 2 heterocycles. The summed E-state index contributed by atoms with van der Waals surface area (Å²) in [4.78, 5) is 9.31. The first-order chi connectivity index (χ1) is 11.3. The van der Waals surface area contributed by atoms with Gasteiger partial charge in [-0.25, -0.2) is 4.98 Å². The van der Waals surface area contributed by atoms with Crippen LogP contribution >= 0.6 is 0 Å². The van der Waals surface area contributed by atoms with Crippen LogP contribution in [0.25, 0.3) is 0 Å². The van der Waals surface area contributed by atoms with E-state index >= 15 is 0 Å². The minimum atomic E-state index is 0.575. The lowest BCUT2D eigenvalue weighted by molar-refractivity contribution is 0.203. The highest BCUT2D eigenvalue weighted by Crippen LogP contribution is 2.22. The average molecular weight is 311 g/mol. The van der Waals surface area contributed by atoms with Crippen LogP contribution in [0.5, 0.6) is 5.75 Å². The molecular formula is C19H25N3O. The second-order valence-corrected chi connectivity index (χ2v) is 6.16. The first kappa shape index (κ1) is 15.8. The number of anilines is 1. The van der Waals surface area contributed by atoms with Gasteiger partial charge in [0, 0.05) is 38.9 Å². The SMILES string of the molecule is COc1cccc(CN2CCC(N(C)c3ccccn3)CC2)c1. The summed E-state index contributed by atoms with van der Waals surface area (Å²) in [6.07, 6.45) is 4.22. The van der Waals surface area contributed by atoms with E-state index in [1.165, 1.54) is 18.4 Å².